The highest BCUT2D eigenvalue weighted by Crippen LogP contribution is 2.35. The van der Waals surface area contributed by atoms with Gasteiger partial charge >= 0.3 is 0 Å². The second-order valence-electron chi connectivity index (χ2n) is 5.18. The average Bonchev–Trinajstić information content (AvgIpc) is 2.82. The average molecular weight is 332 g/mol. The maximum atomic E-state index is 10.9. The summed E-state index contributed by atoms with van der Waals surface area (Å²) in [6, 6.07) is 6.48. The largest absolute Gasteiger partial charge is 0.326 e. The molecule has 0 N–H and O–H groups in total. The summed E-state index contributed by atoms with van der Waals surface area (Å²) in [7, 11) is 1.85. The van der Waals surface area contributed by atoms with Gasteiger partial charge in [0.05, 0.1) is 17.2 Å². The molecule has 8 nitrogen and oxygen atoms in total. The van der Waals surface area contributed by atoms with E-state index in [1.165, 1.54) is 23.9 Å². The molecule has 0 saturated carbocycles. The minimum Gasteiger partial charge on any atom is -0.326 e. The summed E-state index contributed by atoms with van der Waals surface area (Å²) in [5, 5.41) is 15.4. The number of azide groups is 1. The summed E-state index contributed by atoms with van der Waals surface area (Å²) < 4.78 is 1.87. The van der Waals surface area contributed by atoms with Crippen molar-refractivity contribution < 1.29 is 4.92 Å². The zero-order valence-corrected chi connectivity index (χ0v) is 13.8. The Balaban J connectivity index is 2.41. The van der Waals surface area contributed by atoms with Crippen LogP contribution in [-0.2, 0) is 13.6 Å². The quantitative estimate of drug-likeness (QED) is 0.256. The van der Waals surface area contributed by atoms with E-state index in [1.807, 2.05) is 31.5 Å². The number of nitrogens with zero attached hydrogens (tertiary/aromatic N) is 6. The van der Waals surface area contributed by atoms with Gasteiger partial charge in [0.15, 0.2) is 0 Å². The fraction of sp³-hybridized carbons (Fsp3) is 0.357. The van der Waals surface area contributed by atoms with E-state index in [1.54, 1.807) is 6.07 Å². The lowest BCUT2D eigenvalue weighted by atomic mass is 10.2. The second kappa shape index (κ2) is 7.17. The monoisotopic (exact) mass is 332 g/mol. The van der Waals surface area contributed by atoms with E-state index >= 15 is 0 Å². The second-order valence-corrected chi connectivity index (χ2v) is 6.24. The molecule has 2 rings (SSSR count). The molecule has 0 aliphatic heterocycles. The van der Waals surface area contributed by atoms with Crippen LogP contribution in [-0.4, -0.2) is 14.5 Å². The first-order chi connectivity index (χ1) is 10.9. The van der Waals surface area contributed by atoms with Gasteiger partial charge in [0, 0.05) is 29.0 Å². The molecular weight excluding hydrogens is 316 g/mol. The van der Waals surface area contributed by atoms with Crippen LogP contribution in [0.3, 0.4) is 0 Å². The number of hydrogen-bond acceptors (Lipinski definition) is 5. The Morgan fingerprint density at radius 2 is 2.26 bits per heavy atom. The smallest absolute Gasteiger partial charge is 0.270 e. The molecule has 9 heteroatoms. The van der Waals surface area contributed by atoms with Crippen LogP contribution in [0.25, 0.3) is 10.4 Å². The minimum absolute atomic E-state index is 0.0533. The van der Waals surface area contributed by atoms with E-state index in [0.717, 1.165) is 15.6 Å². The first kappa shape index (κ1) is 16.9. The zero-order chi connectivity index (χ0) is 17.0. The van der Waals surface area contributed by atoms with Crippen molar-refractivity contribution in [1.29, 1.82) is 0 Å². The lowest BCUT2D eigenvalue weighted by Crippen LogP contribution is -1.98. The van der Waals surface area contributed by atoms with Crippen LogP contribution in [0, 0.1) is 10.1 Å². The molecule has 2 aromatic rings. The molecule has 0 bridgehead atoms. The molecule has 0 atom stereocenters. The van der Waals surface area contributed by atoms with E-state index in [0.29, 0.717) is 5.82 Å². The van der Waals surface area contributed by atoms with Gasteiger partial charge in [-0.25, -0.2) is 4.98 Å². The number of rotatable bonds is 6. The SMILES string of the molecule is CC(C)c1nc(CN=[N+]=[N-])n(C)c1Sc1cccc([N+](=O)[O-])c1. The Hall–Kier alpha value is -2.51. The highest BCUT2D eigenvalue weighted by Gasteiger charge is 2.18. The number of aromatic nitrogens is 2. The lowest BCUT2D eigenvalue weighted by molar-refractivity contribution is -0.385. The summed E-state index contributed by atoms with van der Waals surface area (Å²) in [5.41, 5.74) is 9.41. The lowest BCUT2D eigenvalue weighted by Gasteiger charge is -2.08. The molecule has 0 aliphatic rings. The van der Waals surface area contributed by atoms with Crippen LogP contribution in [0.1, 0.15) is 31.3 Å². The standard InChI is InChI=1S/C14H16N6O2S/c1-9(2)13-14(19(3)12(17-13)8-16-18-15)23-11-6-4-5-10(7-11)20(21)22/h4-7,9H,8H2,1-3H3. The first-order valence-corrected chi connectivity index (χ1v) is 7.74. The molecule has 0 fully saturated rings. The van der Waals surface area contributed by atoms with Crippen molar-refractivity contribution in [2.45, 2.75) is 36.2 Å². The number of imidazole rings is 1. The van der Waals surface area contributed by atoms with Crippen molar-refractivity contribution in [3.05, 3.63) is 56.3 Å². The Labute approximate surface area is 137 Å². The summed E-state index contributed by atoms with van der Waals surface area (Å²) in [6.45, 7) is 4.22. The summed E-state index contributed by atoms with van der Waals surface area (Å²) in [5.74, 6) is 0.849. The zero-order valence-electron chi connectivity index (χ0n) is 13.0. The van der Waals surface area contributed by atoms with Crippen LogP contribution in [0.15, 0.2) is 39.3 Å². The molecule has 0 saturated heterocycles. The number of hydrogen-bond donors (Lipinski definition) is 0. The van der Waals surface area contributed by atoms with Gasteiger partial charge in [-0.1, -0.05) is 36.8 Å². The van der Waals surface area contributed by atoms with Gasteiger partial charge in [-0.3, -0.25) is 10.1 Å². The molecule has 0 spiro atoms. The Morgan fingerprint density at radius 1 is 1.52 bits per heavy atom. The number of benzene rings is 1. The number of nitro benzene ring substituents is 1. The highest BCUT2D eigenvalue weighted by molar-refractivity contribution is 7.99. The predicted octanol–water partition coefficient (Wildman–Crippen LogP) is 4.41. The first-order valence-electron chi connectivity index (χ1n) is 6.92. The van der Waals surface area contributed by atoms with E-state index in [4.69, 9.17) is 5.53 Å². The van der Waals surface area contributed by atoms with Crippen molar-refractivity contribution in [3.63, 3.8) is 0 Å². The van der Waals surface area contributed by atoms with E-state index < -0.39 is 4.92 Å². The van der Waals surface area contributed by atoms with Crippen molar-refractivity contribution in [1.82, 2.24) is 9.55 Å². The molecule has 1 heterocycles. The van der Waals surface area contributed by atoms with Crippen molar-refractivity contribution in [2.24, 2.45) is 12.2 Å². The van der Waals surface area contributed by atoms with Crippen molar-refractivity contribution in [2.75, 3.05) is 0 Å². The third-order valence-electron chi connectivity index (χ3n) is 3.23. The Kier molecular flexibility index (Phi) is 5.25. The van der Waals surface area contributed by atoms with Crippen LogP contribution < -0.4 is 0 Å². The van der Waals surface area contributed by atoms with E-state index in [-0.39, 0.29) is 18.2 Å². The number of non-ortho nitro benzene ring substituents is 1. The molecule has 23 heavy (non-hydrogen) atoms. The van der Waals surface area contributed by atoms with Crippen LogP contribution in [0.2, 0.25) is 0 Å². The van der Waals surface area contributed by atoms with Gasteiger partial charge in [-0.15, -0.1) is 0 Å². The summed E-state index contributed by atoms with van der Waals surface area (Å²) in [6.07, 6.45) is 0. The van der Waals surface area contributed by atoms with Gasteiger partial charge in [-0.05, 0) is 17.5 Å². The Morgan fingerprint density at radius 3 is 2.87 bits per heavy atom. The fourth-order valence-corrected chi connectivity index (χ4v) is 3.23. The van der Waals surface area contributed by atoms with Crippen LogP contribution >= 0.6 is 11.8 Å². The van der Waals surface area contributed by atoms with Gasteiger partial charge in [-0.2, -0.15) is 0 Å². The predicted molar refractivity (Wildman–Crippen MR) is 87.4 cm³/mol. The molecule has 1 aromatic heterocycles. The maximum Gasteiger partial charge on any atom is 0.270 e. The van der Waals surface area contributed by atoms with Crippen molar-refractivity contribution >= 4 is 17.4 Å². The fourth-order valence-electron chi connectivity index (χ4n) is 2.06. The maximum absolute atomic E-state index is 10.9. The van der Waals surface area contributed by atoms with Gasteiger partial charge in [0.25, 0.3) is 5.69 Å². The normalized spacial score (nSPS) is 10.6. The molecule has 0 unspecified atom stereocenters. The summed E-state index contributed by atoms with van der Waals surface area (Å²) in [4.78, 5) is 18.6. The molecular formula is C14H16N6O2S. The molecule has 0 aliphatic carbocycles. The summed E-state index contributed by atoms with van der Waals surface area (Å²) >= 11 is 1.42. The minimum atomic E-state index is -0.413. The molecule has 0 radical (unpaired) electrons. The van der Waals surface area contributed by atoms with E-state index in [2.05, 4.69) is 15.0 Å². The van der Waals surface area contributed by atoms with Gasteiger partial charge < -0.3 is 4.57 Å². The molecule has 0 amide bonds. The highest BCUT2D eigenvalue weighted by atomic mass is 32.2. The third kappa shape index (κ3) is 3.82. The molecule has 120 valence electrons. The van der Waals surface area contributed by atoms with E-state index in [9.17, 15) is 10.1 Å². The number of nitro groups is 1. The van der Waals surface area contributed by atoms with Crippen LogP contribution in [0.4, 0.5) is 5.69 Å². The van der Waals surface area contributed by atoms with Crippen molar-refractivity contribution in [3.8, 4) is 0 Å². The van der Waals surface area contributed by atoms with Gasteiger partial charge in [0.1, 0.15) is 10.9 Å². The van der Waals surface area contributed by atoms with Crippen LogP contribution in [0.5, 0.6) is 0 Å². The topological polar surface area (TPSA) is 110 Å². The third-order valence-corrected chi connectivity index (χ3v) is 4.39. The molecule has 1 aromatic carbocycles. The Bertz CT molecular complexity index is 780. The van der Waals surface area contributed by atoms with Gasteiger partial charge in [0.2, 0.25) is 0 Å².